The van der Waals surface area contributed by atoms with E-state index in [1.165, 1.54) is 4.90 Å². The fraction of sp³-hybridized carbons (Fsp3) is 0.190. The molecule has 0 atom stereocenters. The second-order valence-corrected chi connectivity index (χ2v) is 6.73. The number of aliphatic imine (C=N–C) groups is 1. The summed E-state index contributed by atoms with van der Waals surface area (Å²) in [5.74, 6) is 0.381. The van der Waals surface area contributed by atoms with E-state index in [-0.39, 0.29) is 25.5 Å². The lowest BCUT2D eigenvalue weighted by atomic mass is 10.0. The van der Waals surface area contributed by atoms with E-state index in [2.05, 4.69) is 10.3 Å². The summed E-state index contributed by atoms with van der Waals surface area (Å²) in [6.45, 7) is 0.544. The molecule has 8 heteroatoms. The number of hydrogen-bond acceptors (Lipinski definition) is 5. The summed E-state index contributed by atoms with van der Waals surface area (Å²) >= 11 is 6.60. The van der Waals surface area contributed by atoms with Gasteiger partial charge in [-0.15, -0.1) is 0 Å². The highest BCUT2D eigenvalue weighted by Crippen LogP contribution is 2.37. The number of allylic oxidation sites excluding steroid dienone is 1. The minimum atomic E-state index is -0.470. The lowest BCUT2D eigenvalue weighted by Gasteiger charge is -2.28. The first kappa shape index (κ1) is 20.4. The number of nitrogens with one attached hydrogen (secondary N) is 1. The van der Waals surface area contributed by atoms with Crippen molar-refractivity contribution >= 4 is 35.4 Å². The number of amides is 3. The van der Waals surface area contributed by atoms with Crippen molar-refractivity contribution < 1.29 is 14.3 Å². The molecule has 0 saturated carbocycles. The predicted molar refractivity (Wildman–Crippen MR) is 115 cm³/mol. The first-order valence-electron chi connectivity index (χ1n) is 8.99. The number of carbonyl (C=O) groups is 2. The molecule has 0 unspecified atom stereocenters. The molecular formula is C21H21ClN4O3. The molecule has 3 amide bonds. The molecule has 0 spiro atoms. The Hall–Kier alpha value is -3.32. The van der Waals surface area contributed by atoms with E-state index in [1.54, 1.807) is 25.4 Å². The molecule has 3 rings (SSSR count). The van der Waals surface area contributed by atoms with Crippen molar-refractivity contribution in [2.75, 3.05) is 25.1 Å². The molecule has 150 valence electrons. The molecular weight excluding hydrogens is 392 g/mol. The molecule has 2 aromatic rings. The predicted octanol–water partition coefficient (Wildman–Crippen LogP) is 3.38. The van der Waals surface area contributed by atoms with Gasteiger partial charge in [0.25, 0.3) is 0 Å². The number of benzene rings is 2. The average molecular weight is 413 g/mol. The van der Waals surface area contributed by atoms with Crippen LogP contribution in [0.1, 0.15) is 6.42 Å². The zero-order valence-electron chi connectivity index (χ0n) is 15.9. The maximum absolute atomic E-state index is 12.1. The largest absolute Gasteiger partial charge is 0.487 e. The van der Waals surface area contributed by atoms with Gasteiger partial charge in [-0.2, -0.15) is 0 Å². The number of ether oxygens (including phenoxy) is 1. The SMILES string of the molecule is CN=C/C=C(\N)COc1ccc(-c2cccc(N3CCC(=O)NC3=O)c2Cl)cc1. The molecule has 3 N–H and O–H groups in total. The van der Waals surface area contributed by atoms with Crippen LogP contribution in [0.2, 0.25) is 5.02 Å². The van der Waals surface area contributed by atoms with Gasteiger partial charge in [0, 0.05) is 37.5 Å². The van der Waals surface area contributed by atoms with Gasteiger partial charge in [0.2, 0.25) is 5.91 Å². The summed E-state index contributed by atoms with van der Waals surface area (Å²) in [6.07, 6.45) is 3.53. The van der Waals surface area contributed by atoms with Crippen LogP contribution in [0.25, 0.3) is 11.1 Å². The van der Waals surface area contributed by atoms with Crippen LogP contribution in [-0.2, 0) is 4.79 Å². The van der Waals surface area contributed by atoms with Crippen molar-refractivity contribution in [1.82, 2.24) is 5.32 Å². The lowest BCUT2D eigenvalue weighted by Crippen LogP contribution is -2.49. The topological polar surface area (TPSA) is 97.0 Å². The third-order valence-corrected chi connectivity index (χ3v) is 4.73. The van der Waals surface area contributed by atoms with Crippen molar-refractivity contribution in [2.24, 2.45) is 10.7 Å². The van der Waals surface area contributed by atoms with E-state index in [9.17, 15) is 9.59 Å². The Morgan fingerprint density at radius 3 is 2.72 bits per heavy atom. The third kappa shape index (κ3) is 4.94. The smallest absolute Gasteiger partial charge is 0.328 e. The molecule has 0 radical (unpaired) electrons. The Morgan fingerprint density at radius 2 is 2.03 bits per heavy atom. The number of urea groups is 1. The maximum Gasteiger partial charge on any atom is 0.328 e. The van der Waals surface area contributed by atoms with Gasteiger partial charge in [-0.3, -0.25) is 20.0 Å². The summed E-state index contributed by atoms with van der Waals surface area (Å²) in [5, 5.41) is 2.75. The van der Waals surface area contributed by atoms with Gasteiger partial charge in [-0.25, -0.2) is 4.79 Å². The molecule has 1 aliphatic rings. The zero-order chi connectivity index (χ0) is 20.8. The highest BCUT2D eigenvalue weighted by atomic mass is 35.5. The average Bonchev–Trinajstić information content (AvgIpc) is 2.72. The third-order valence-electron chi connectivity index (χ3n) is 4.33. The molecule has 7 nitrogen and oxygen atoms in total. The Labute approximate surface area is 173 Å². The molecule has 1 aliphatic heterocycles. The van der Waals surface area contributed by atoms with Gasteiger partial charge in [0.1, 0.15) is 12.4 Å². The van der Waals surface area contributed by atoms with Crippen LogP contribution in [0.5, 0.6) is 5.75 Å². The normalized spacial score (nSPS) is 15.0. The van der Waals surface area contributed by atoms with E-state index in [1.807, 2.05) is 36.4 Å². The Morgan fingerprint density at radius 1 is 1.28 bits per heavy atom. The molecule has 2 aromatic carbocycles. The Bertz CT molecular complexity index is 970. The van der Waals surface area contributed by atoms with Gasteiger partial charge in [0.15, 0.2) is 0 Å². The molecule has 1 fully saturated rings. The maximum atomic E-state index is 12.1. The van der Waals surface area contributed by atoms with E-state index in [0.717, 1.165) is 11.1 Å². The number of halogens is 1. The molecule has 0 aliphatic carbocycles. The second kappa shape index (κ2) is 9.25. The van der Waals surface area contributed by atoms with Crippen LogP contribution >= 0.6 is 11.6 Å². The van der Waals surface area contributed by atoms with E-state index < -0.39 is 6.03 Å². The molecule has 1 heterocycles. The van der Waals surface area contributed by atoms with Crippen molar-refractivity contribution in [2.45, 2.75) is 6.42 Å². The number of hydrogen-bond donors (Lipinski definition) is 2. The van der Waals surface area contributed by atoms with Crippen LogP contribution in [0.4, 0.5) is 10.5 Å². The first-order chi connectivity index (χ1) is 14.0. The van der Waals surface area contributed by atoms with Crippen molar-refractivity contribution in [3.8, 4) is 16.9 Å². The molecule has 0 aromatic heterocycles. The monoisotopic (exact) mass is 412 g/mol. The van der Waals surface area contributed by atoms with Crippen molar-refractivity contribution in [3.05, 3.63) is 59.3 Å². The molecule has 0 bridgehead atoms. The highest BCUT2D eigenvalue weighted by Gasteiger charge is 2.26. The summed E-state index contributed by atoms with van der Waals surface area (Å²) in [7, 11) is 1.67. The van der Waals surface area contributed by atoms with Gasteiger partial charge in [-0.1, -0.05) is 35.9 Å². The van der Waals surface area contributed by atoms with E-state index in [0.29, 0.717) is 22.2 Å². The zero-order valence-corrected chi connectivity index (χ0v) is 16.6. The fourth-order valence-corrected chi connectivity index (χ4v) is 3.20. The standard InChI is InChI=1S/C21H21ClN4O3/c1-24-11-9-15(23)13-29-16-7-5-14(6-8-16)17-3-2-4-18(20(17)22)26-12-10-19(27)25-21(26)28/h2-9,11H,10,12-13,23H2,1H3,(H,25,27,28)/b15-9-,24-11?. The van der Waals surface area contributed by atoms with E-state index >= 15 is 0 Å². The Kier molecular flexibility index (Phi) is 6.51. The number of carbonyl (C=O) groups excluding carboxylic acids is 2. The van der Waals surface area contributed by atoms with Gasteiger partial charge < -0.3 is 10.5 Å². The summed E-state index contributed by atoms with van der Waals surface area (Å²) < 4.78 is 5.65. The van der Waals surface area contributed by atoms with Crippen LogP contribution in [-0.4, -0.2) is 38.4 Å². The first-order valence-corrected chi connectivity index (χ1v) is 9.37. The summed E-state index contributed by atoms with van der Waals surface area (Å²) in [6, 6.07) is 12.4. The minimum Gasteiger partial charge on any atom is -0.487 e. The van der Waals surface area contributed by atoms with Gasteiger partial charge >= 0.3 is 6.03 Å². The van der Waals surface area contributed by atoms with Gasteiger partial charge in [0.05, 0.1) is 10.7 Å². The second-order valence-electron chi connectivity index (χ2n) is 6.36. The van der Waals surface area contributed by atoms with Crippen LogP contribution in [0.3, 0.4) is 0 Å². The number of nitrogens with two attached hydrogens (primary N) is 1. The van der Waals surface area contributed by atoms with Crippen LogP contribution in [0.15, 0.2) is 59.2 Å². The highest BCUT2D eigenvalue weighted by molar-refractivity contribution is 6.36. The van der Waals surface area contributed by atoms with Gasteiger partial charge in [-0.05, 0) is 29.8 Å². The summed E-state index contributed by atoms with van der Waals surface area (Å²) in [5.41, 5.74) is 8.60. The van der Waals surface area contributed by atoms with Crippen molar-refractivity contribution in [1.29, 1.82) is 0 Å². The summed E-state index contributed by atoms with van der Waals surface area (Å²) in [4.78, 5) is 28.8. The number of imide groups is 1. The molecule has 1 saturated heterocycles. The van der Waals surface area contributed by atoms with Crippen LogP contribution < -0.4 is 20.7 Å². The Balaban J connectivity index is 1.77. The quantitative estimate of drug-likeness (QED) is 0.711. The lowest BCUT2D eigenvalue weighted by molar-refractivity contribution is -0.120. The minimum absolute atomic E-state index is 0.236. The fourth-order valence-electron chi connectivity index (χ4n) is 2.86. The molecule has 29 heavy (non-hydrogen) atoms. The van der Waals surface area contributed by atoms with Crippen LogP contribution in [0, 0.1) is 0 Å². The number of nitrogens with zero attached hydrogens (tertiary/aromatic N) is 2. The van der Waals surface area contributed by atoms with Crippen molar-refractivity contribution in [3.63, 3.8) is 0 Å². The van der Waals surface area contributed by atoms with E-state index in [4.69, 9.17) is 22.1 Å². The number of rotatable bonds is 6. The number of anilines is 1.